The molecular weight excluding hydrogens is 384 g/mol. The van der Waals surface area contributed by atoms with E-state index in [0.717, 1.165) is 0 Å². The molecule has 0 bridgehead atoms. The second-order valence-electron chi connectivity index (χ2n) is 6.73. The van der Waals surface area contributed by atoms with E-state index in [1.165, 1.54) is 14.1 Å². The van der Waals surface area contributed by atoms with Crippen molar-refractivity contribution in [1.29, 1.82) is 0 Å². The second kappa shape index (κ2) is 7.32. The number of benzene rings is 2. The first kappa shape index (κ1) is 19.1. The van der Waals surface area contributed by atoms with E-state index in [2.05, 4.69) is 21.3 Å². The molecule has 0 saturated heterocycles. The zero-order chi connectivity index (χ0) is 21.4. The van der Waals surface area contributed by atoms with E-state index >= 15 is 0 Å². The van der Waals surface area contributed by atoms with Crippen molar-refractivity contribution in [1.82, 2.24) is 21.3 Å². The smallest absolute Gasteiger partial charge is 0.258 e. The normalized spacial score (nSPS) is 15.0. The van der Waals surface area contributed by atoms with Crippen LogP contribution in [0.2, 0.25) is 0 Å². The van der Waals surface area contributed by atoms with E-state index in [4.69, 9.17) is 0 Å². The van der Waals surface area contributed by atoms with Gasteiger partial charge in [-0.2, -0.15) is 0 Å². The fourth-order valence-electron chi connectivity index (χ4n) is 3.53. The Morgan fingerprint density at radius 1 is 0.700 bits per heavy atom. The van der Waals surface area contributed by atoms with Crippen molar-refractivity contribution in [2.45, 2.75) is 0 Å². The Balaban J connectivity index is 1.84. The van der Waals surface area contributed by atoms with Crippen LogP contribution in [-0.4, -0.2) is 37.7 Å². The van der Waals surface area contributed by atoms with Gasteiger partial charge in [0.15, 0.2) is 0 Å². The molecule has 0 atom stereocenters. The average Bonchev–Trinajstić information content (AvgIpc) is 3.31. The van der Waals surface area contributed by atoms with Gasteiger partial charge in [0.1, 0.15) is 0 Å². The Morgan fingerprint density at radius 3 is 1.47 bits per heavy atom. The van der Waals surface area contributed by atoms with Crippen molar-refractivity contribution < 1.29 is 19.2 Å². The lowest BCUT2D eigenvalue weighted by molar-refractivity contribution is -0.117. The molecule has 0 unspecified atom stereocenters. The highest BCUT2D eigenvalue weighted by molar-refractivity contribution is 6.30. The first-order chi connectivity index (χ1) is 14.4. The minimum Gasteiger partial charge on any atom is -0.355 e. The lowest BCUT2D eigenvalue weighted by Crippen LogP contribution is -2.22. The maximum absolute atomic E-state index is 12.8. The van der Waals surface area contributed by atoms with E-state index in [-0.39, 0.29) is 23.0 Å². The number of fused-ring (bicyclic) bond motifs is 1. The Hall–Kier alpha value is -4.20. The van der Waals surface area contributed by atoms with Gasteiger partial charge < -0.3 is 21.3 Å². The van der Waals surface area contributed by atoms with Gasteiger partial charge in [0, 0.05) is 25.2 Å². The van der Waals surface area contributed by atoms with Gasteiger partial charge in [0.25, 0.3) is 23.6 Å². The van der Waals surface area contributed by atoms with Gasteiger partial charge in [0.05, 0.1) is 22.5 Å². The molecule has 4 rings (SSSR count). The number of hydrogen-bond acceptors (Lipinski definition) is 4. The van der Waals surface area contributed by atoms with Crippen molar-refractivity contribution in [3.05, 3.63) is 81.9 Å². The van der Waals surface area contributed by atoms with E-state index < -0.39 is 11.8 Å². The average molecular weight is 402 g/mol. The Bertz CT molecular complexity index is 1100. The van der Waals surface area contributed by atoms with Gasteiger partial charge in [-0.25, -0.2) is 0 Å². The van der Waals surface area contributed by atoms with Crippen molar-refractivity contribution in [3.8, 4) is 0 Å². The zero-order valence-corrected chi connectivity index (χ0v) is 16.3. The summed E-state index contributed by atoms with van der Waals surface area (Å²) < 4.78 is 0. The van der Waals surface area contributed by atoms with Crippen molar-refractivity contribution in [2.24, 2.45) is 0 Å². The maximum atomic E-state index is 12.8. The highest BCUT2D eigenvalue weighted by Gasteiger charge is 2.41. The fraction of sp³-hybridized carbons (Fsp3) is 0.0909. The Morgan fingerprint density at radius 2 is 1.10 bits per heavy atom. The molecule has 4 amide bonds. The monoisotopic (exact) mass is 402 g/mol. The summed E-state index contributed by atoms with van der Waals surface area (Å²) in [5.41, 5.74) is 3.03. The molecule has 30 heavy (non-hydrogen) atoms. The summed E-state index contributed by atoms with van der Waals surface area (Å²) in [6.07, 6.45) is 0. The molecular formula is C22H18N4O4. The molecule has 2 aromatic rings. The van der Waals surface area contributed by atoms with E-state index in [9.17, 15) is 19.2 Å². The highest BCUT2D eigenvalue weighted by Crippen LogP contribution is 2.37. The minimum atomic E-state index is -0.427. The number of hydrogen-bond donors (Lipinski definition) is 4. The zero-order valence-electron chi connectivity index (χ0n) is 16.3. The number of carbonyl (C=O) groups excluding carboxylic acids is 4. The third-order valence-electron chi connectivity index (χ3n) is 4.96. The summed E-state index contributed by atoms with van der Waals surface area (Å²) in [4.78, 5) is 49.4. The standard InChI is InChI=1S/C22H18N4O4/c1-23-19(27)13-7-3-5-11(9-13)17-15-16(22(30)25-17)18(26-21(15)29)12-6-4-8-14(10-12)20(28)24-2/h3-10H,1-2H3,(H,23,27)(H,24,28)(H,25,30)(H,26,29). The molecule has 0 radical (unpaired) electrons. The number of carbonyl (C=O) groups is 4. The van der Waals surface area contributed by atoms with Crippen molar-refractivity contribution in [3.63, 3.8) is 0 Å². The molecule has 8 heteroatoms. The fourth-order valence-corrected chi connectivity index (χ4v) is 3.53. The molecule has 0 fully saturated rings. The molecule has 150 valence electrons. The predicted molar refractivity (Wildman–Crippen MR) is 110 cm³/mol. The van der Waals surface area contributed by atoms with Crippen LogP contribution < -0.4 is 21.3 Å². The summed E-state index contributed by atoms with van der Waals surface area (Å²) in [6, 6.07) is 13.3. The number of amides is 4. The van der Waals surface area contributed by atoms with Crippen LogP contribution in [-0.2, 0) is 9.59 Å². The van der Waals surface area contributed by atoms with Crippen LogP contribution >= 0.6 is 0 Å². The Kier molecular flexibility index (Phi) is 4.67. The van der Waals surface area contributed by atoms with Crippen LogP contribution in [0.3, 0.4) is 0 Å². The van der Waals surface area contributed by atoms with Crippen molar-refractivity contribution >= 4 is 35.0 Å². The molecule has 0 saturated carbocycles. The van der Waals surface area contributed by atoms with Crippen LogP contribution in [0.1, 0.15) is 31.8 Å². The third kappa shape index (κ3) is 3.04. The summed E-state index contributed by atoms with van der Waals surface area (Å²) in [5.74, 6) is -1.40. The SMILES string of the molecule is CNC(=O)c1cccc(C2=C3C(=O)NC(c4cccc(C(=O)NC)c4)=C3C(=O)N2)c1. The van der Waals surface area contributed by atoms with Gasteiger partial charge in [-0.15, -0.1) is 0 Å². The van der Waals surface area contributed by atoms with Gasteiger partial charge in [-0.3, -0.25) is 19.2 Å². The van der Waals surface area contributed by atoms with Crippen LogP contribution in [0.4, 0.5) is 0 Å². The van der Waals surface area contributed by atoms with Crippen molar-refractivity contribution in [2.75, 3.05) is 14.1 Å². The van der Waals surface area contributed by atoms with Gasteiger partial charge in [0.2, 0.25) is 0 Å². The Labute approximate surface area is 172 Å². The van der Waals surface area contributed by atoms with Crippen LogP contribution in [0.15, 0.2) is 59.7 Å². The number of nitrogens with one attached hydrogen (secondary N) is 4. The molecule has 2 aliphatic rings. The third-order valence-corrected chi connectivity index (χ3v) is 4.96. The highest BCUT2D eigenvalue weighted by atomic mass is 16.2. The number of rotatable bonds is 4. The summed E-state index contributed by atoms with van der Waals surface area (Å²) in [7, 11) is 3.05. The van der Waals surface area contributed by atoms with E-state index in [1.54, 1.807) is 48.5 Å². The first-order valence-corrected chi connectivity index (χ1v) is 9.21. The molecule has 8 nitrogen and oxygen atoms in total. The van der Waals surface area contributed by atoms with E-state index in [0.29, 0.717) is 33.6 Å². The first-order valence-electron chi connectivity index (χ1n) is 9.21. The van der Waals surface area contributed by atoms with Crippen LogP contribution in [0, 0.1) is 0 Å². The molecule has 4 N–H and O–H groups in total. The predicted octanol–water partition coefficient (Wildman–Crippen LogP) is 0.788. The second-order valence-corrected chi connectivity index (χ2v) is 6.73. The van der Waals surface area contributed by atoms with E-state index in [1.807, 2.05) is 0 Å². The molecule has 0 aliphatic carbocycles. The quantitative estimate of drug-likeness (QED) is 0.605. The summed E-state index contributed by atoms with van der Waals surface area (Å²) in [6.45, 7) is 0. The van der Waals surface area contributed by atoms with Crippen LogP contribution in [0.5, 0.6) is 0 Å². The molecule has 0 spiro atoms. The largest absolute Gasteiger partial charge is 0.355 e. The summed E-state index contributed by atoms with van der Waals surface area (Å²) >= 11 is 0. The van der Waals surface area contributed by atoms with Gasteiger partial charge in [-0.05, 0) is 35.4 Å². The minimum absolute atomic E-state index is 0.217. The maximum Gasteiger partial charge on any atom is 0.258 e. The van der Waals surface area contributed by atoms with Gasteiger partial charge in [-0.1, -0.05) is 24.3 Å². The molecule has 2 aromatic carbocycles. The molecule has 0 aromatic heterocycles. The molecule has 2 heterocycles. The summed E-state index contributed by atoms with van der Waals surface area (Å²) in [5, 5.41) is 10.6. The lowest BCUT2D eigenvalue weighted by Gasteiger charge is -2.09. The topological polar surface area (TPSA) is 116 Å². The van der Waals surface area contributed by atoms with Crippen LogP contribution in [0.25, 0.3) is 11.4 Å². The lowest BCUT2D eigenvalue weighted by atomic mass is 10.00. The van der Waals surface area contributed by atoms with Gasteiger partial charge >= 0.3 is 0 Å². The molecule has 2 aliphatic heterocycles.